The van der Waals surface area contributed by atoms with E-state index in [2.05, 4.69) is 74.6 Å². The molecule has 2 nitrogen and oxygen atoms in total. The van der Waals surface area contributed by atoms with Crippen LogP contribution < -0.4 is 5.32 Å². The van der Waals surface area contributed by atoms with Crippen LogP contribution in [-0.4, -0.2) is 5.78 Å². The van der Waals surface area contributed by atoms with Gasteiger partial charge in [0.05, 0.1) is 6.04 Å². The number of hydrogen-bond acceptors (Lipinski definition) is 3. The Labute approximate surface area is 163 Å². The first-order valence-electron chi connectivity index (χ1n) is 9.54. The maximum Gasteiger partial charge on any atom is 0.162 e. The van der Waals surface area contributed by atoms with Gasteiger partial charge in [0.1, 0.15) is 0 Å². The summed E-state index contributed by atoms with van der Waals surface area (Å²) in [6.07, 6.45) is 1.56. The van der Waals surface area contributed by atoms with Crippen molar-refractivity contribution < 1.29 is 4.79 Å². The maximum absolute atomic E-state index is 13.3. The van der Waals surface area contributed by atoms with Gasteiger partial charge in [-0.3, -0.25) is 4.79 Å². The maximum atomic E-state index is 13.3. The van der Waals surface area contributed by atoms with Crippen LogP contribution in [0.5, 0.6) is 0 Å². The molecule has 0 saturated carbocycles. The van der Waals surface area contributed by atoms with Gasteiger partial charge in [0.2, 0.25) is 0 Å². The van der Waals surface area contributed by atoms with E-state index in [-0.39, 0.29) is 11.5 Å². The van der Waals surface area contributed by atoms with Gasteiger partial charge < -0.3 is 5.32 Å². The number of fused-ring (bicyclic) bond motifs is 4. The molecule has 1 aliphatic carbocycles. The number of carbonyl (C=O) groups is 1. The highest BCUT2D eigenvalue weighted by Gasteiger charge is 2.41. The zero-order chi connectivity index (χ0) is 18.8. The highest BCUT2D eigenvalue weighted by molar-refractivity contribution is 7.12. The molecule has 3 heteroatoms. The van der Waals surface area contributed by atoms with Gasteiger partial charge in [-0.1, -0.05) is 44.2 Å². The van der Waals surface area contributed by atoms with Crippen LogP contribution in [0.2, 0.25) is 0 Å². The molecule has 3 aromatic rings. The summed E-state index contributed by atoms with van der Waals surface area (Å²) in [7, 11) is 0. The lowest BCUT2D eigenvalue weighted by atomic mass is 9.68. The molecule has 1 aromatic heterocycles. The SMILES string of the molecule is Cc1ccc(C2Nc3ccc4ccccc4c3C3=C2C(=O)CC(C)(C)C3)s1. The molecule has 2 aliphatic rings. The highest BCUT2D eigenvalue weighted by atomic mass is 32.1. The van der Waals surface area contributed by atoms with E-state index in [4.69, 9.17) is 0 Å². The Morgan fingerprint density at radius 3 is 2.63 bits per heavy atom. The normalized spacial score (nSPS) is 21.0. The van der Waals surface area contributed by atoms with Gasteiger partial charge in [0.25, 0.3) is 0 Å². The number of aryl methyl sites for hydroxylation is 1. The van der Waals surface area contributed by atoms with Crippen LogP contribution >= 0.6 is 11.3 Å². The molecule has 2 heterocycles. The number of carbonyl (C=O) groups excluding carboxylic acids is 1. The minimum atomic E-state index is -0.0315. The van der Waals surface area contributed by atoms with Crippen LogP contribution in [0.1, 0.15) is 48.0 Å². The van der Waals surface area contributed by atoms with Crippen LogP contribution in [0.25, 0.3) is 16.3 Å². The van der Waals surface area contributed by atoms with E-state index in [1.807, 2.05) is 0 Å². The zero-order valence-electron chi connectivity index (χ0n) is 15.9. The summed E-state index contributed by atoms with van der Waals surface area (Å²) < 4.78 is 0. The number of anilines is 1. The van der Waals surface area contributed by atoms with Crippen LogP contribution in [0, 0.1) is 12.3 Å². The molecule has 0 spiro atoms. The average Bonchev–Trinajstić information content (AvgIpc) is 3.05. The largest absolute Gasteiger partial charge is 0.373 e. The number of thiophene rings is 1. The van der Waals surface area contributed by atoms with Crippen molar-refractivity contribution in [1.29, 1.82) is 0 Å². The lowest BCUT2D eigenvalue weighted by molar-refractivity contribution is -0.118. The predicted molar refractivity (Wildman–Crippen MR) is 114 cm³/mol. The highest BCUT2D eigenvalue weighted by Crippen LogP contribution is 2.52. The molecule has 1 atom stereocenters. The van der Waals surface area contributed by atoms with Crippen LogP contribution in [-0.2, 0) is 4.79 Å². The van der Waals surface area contributed by atoms with Crippen LogP contribution in [0.4, 0.5) is 5.69 Å². The quantitative estimate of drug-likeness (QED) is 0.526. The molecule has 136 valence electrons. The first-order valence-corrected chi connectivity index (χ1v) is 10.4. The molecule has 0 radical (unpaired) electrons. The van der Waals surface area contributed by atoms with E-state index < -0.39 is 0 Å². The zero-order valence-corrected chi connectivity index (χ0v) is 16.7. The Balaban J connectivity index is 1.81. The second kappa shape index (κ2) is 5.80. The Morgan fingerprint density at radius 2 is 1.85 bits per heavy atom. The molecule has 1 aliphatic heterocycles. The van der Waals surface area contributed by atoms with Crippen LogP contribution in [0.3, 0.4) is 0 Å². The van der Waals surface area contributed by atoms with Crippen molar-refractivity contribution in [2.24, 2.45) is 5.41 Å². The molecule has 2 aromatic carbocycles. The van der Waals surface area contributed by atoms with E-state index in [0.29, 0.717) is 12.2 Å². The molecular formula is C24H23NOS. The third-order valence-corrected chi connectivity index (χ3v) is 6.85. The van der Waals surface area contributed by atoms with Crippen molar-refractivity contribution in [3.63, 3.8) is 0 Å². The van der Waals surface area contributed by atoms with Gasteiger partial charge in [-0.25, -0.2) is 0 Å². The van der Waals surface area contributed by atoms with E-state index in [0.717, 1.165) is 17.7 Å². The fourth-order valence-electron chi connectivity index (χ4n) is 4.66. The molecule has 0 fully saturated rings. The third-order valence-electron chi connectivity index (χ3n) is 5.78. The minimum Gasteiger partial charge on any atom is -0.373 e. The standard InChI is InChI=1S/C24H23NOS/c1-14-8-11-20(27-14)23-22-17(12-24(2,3)13-19(22)26)21-16-7-5-4-6-15(16)9-10-18(21)25-23/h4-11,23,25H,12-13H2,1-3H3. The second-order valence-corrected chi connectivity index (χ2v) is 9.89. The Bertz CT molecular complexity index is 1120. The second-order valence-electron chi connectivity index (χ2n) is 8.57. The van der Waals surface area contributed by atoms with Gasteiger partial charge in [0, 0.05) is 33.0 Å². The van der Waals surface area contributed by atoms with Crippen LogP contribution in [0.15, 0.2) is 54.1 Å². The van der Waals surface area contributed by atoms with E-state index in [1.54, 1.807) is 11.3 Å². The molecule has 1 unspecified atom stereocenters. The fourth-order valence-corrected chi connectivity index (χ4v) is 5.60. The summed E-state index contributed by atoms with van der Waals surface area (Å²) in [6, 6.07) is 17.1. The van der Waals surface area contributed by atoms with Crippen molar-refractivity contribution in [1.82, 2.24) is 0 Å². The van der Waals surface area contributed by atoms with Gasteiger partial charge in [-0.05, 0) is 53.3 Å². The summed E-state index contributed by atoms with van der Waals surface area (Å²) in [5, 5.41) is 6.17. The van der Waals surface area contributed by atoms with Crippen molar-refractivity contribution in [2.45, 2.75) is 39.7 Å². The number of nitrogens with one attached hydrogen (secondary N) is 1. The monoisotopic (exact) mass is 373 g/mol. The summed E-state index contributed by atoms with van der Waals surface area (Å²) in [5.41, 5.74) is 4.61. The smallest absolute Gasteiger partial charge is 0.162 e. The number of benzene rings is 2. The number of hydrogen-bond donors (Lipinski definition) is 1. The molecular weight excluding hydrogens is 350 g/mol. The van der Waals surface area contributed by atoms with Gasteiger partial charge in [-0.2, -0.15) is 0 Å². The Morgan fingerprint density at radius 1 is 1.04 bits per heavy atom. The van der Waals surface area contributed by atoms with Gasteiger partial charge >= 0.3 is 0 Å². The summed E-state index contributed by atoms with van der Waals surface area (Å²) in [5.74, 6) is 0.295. The molecule has 27 heavy (non-hydrogen) atoms. The Kier molecular flexibility index (Phi) is 3.60. The van der Waals surface area contributed by atoms with Crippen molar-refractivity contribution in [2.75, 3.05) is 5.32 Å². The Hall–Kier alpha value is -2.39. The van der Waals surface area contributed by atoms with E-state index in [9.17, 15) is 4.79 Å². The van der Waals surface area contributed by atoms with Crippen molar-refractivity contribution in [3.8, 4) is 0 Å². The number of Topliss-reactive ketones (excluding diaryl/α,β-unsaturated/α-hetero) is 1. The summed E-state index contributed by atoms with van der Waals surface area (Å²) in [6.45, 7) is 6.55. The summed E-state index contributed by atoms with van der Waals surface area (Å²) in [4.78, 5) is 15.8. The summed E-state index contributed by atoms with van der Waals surface area (Å²) >= 11 is 1.78. The van der Waals surface area contributed by atoms with E-state index in [1.165, 1.54) is 31.7 Å². The first-order chi connectivity index (χ1) is 12.9. The average molecular weight is 374 g/mol. The van der Waals surface area contributed by atoms with Crippen molar-refractivity contribution in [3.05, 3.63) is 69.4 Å². The lowest BCUT2D eigenvalue weighted by Gasteiger charge is -2.39. The molecule has 0 saturated heterocycles. The number of rotatable bonds is 1. The van der Waals surface area contributed by atoms with Gasteiger partial charge in [-0.15, -0.1) is 11.3 Å². The first kappa shape index (κ1) is 16.8. The molecule has 0 amide bonds. The number of allylic oxidation sites excluding steroid dienone is 1. The fraction of sp³-hybridized carbons (Fsp3) is 0.292. The van der Waals surface area contributed by atoms with Gasteiger partial charge in [0.15, 0.2) is 5.78 Å². The molecule has 0 bridgehead atoms. The van der Waals surface area contributed by atoms with E-state index >= 15 is 0 Å². The number of ketones is 1. The minimum absolute atomic E-state index is 0.00259. The predicted octanol–water partition coefficient (Wildman–Crippen LogP) is 6.52. The molecule has 5 rings (SSSR count). The topological polar surface area (TPSA) is 29.1 Å². The lowest BCUT2D eigenvalue weighted by Crippen LogP contribution is -2.32. The molecule has 1 N–H and O–H groups in total. The third kappa shape index (κ3) is 2.64. The van der Waals surface area contributed by atoms with Crippen molar-refractivity contribution >= 4 is 39.2 Å².